The molecule has 0 atom stereocenters. The lowest BCUT2D eigenvalue weighted by atomic mass is 10.0. The van der Waals surface area contributed by atoms with Gasteiger partial charge >= 0.3 is 5.97 Å². The quantitative estimate of drug-likeness (QED) is 0.521. The molecule has 0 unspecified atom stereocenters. The van der Waals surface area contributed by atoms with Crippen molar-refractivity contribution in [1.82, 2.24) is 0 Å². The summed E-state index contributed by atoms with van der Waals surface area (Å²) >= 11 is 15.2. The van der Waals surface area contributed by atoms with Gasteiger partial charge in [-0.15, -0.1) is 0 Å². The molecule has 7 heteroatoms. The molecule has 0 aliphatic rings. The summed E-state index contributed by atoms with van der Waals surface area (Å²) < 4.78 is 6.02. The van der Waals surface area contributed by atoms with Gasteiger partial charge in [0.1, 0.15) is 5.75 Å². The molecule has 0 fully saturated rings. The van der Waals surface area contributed by atoms with Crippen molar-refractivity contribution >= 4 is 56.8 Å². The number of halogens is 3. The third kappa shape index (κ3) is 4.75. The highest BCUT2D eigenvalue weighted by Gasteiger charge is 2.09. The van der Waals surface area contributed by atoms with Gasteiger partial charge in [-0.05, 0) is 42.0 Å². The number of hydrogen-bond acceptors (Lipinski definition) is 3. The molecular formula is C17H10BrCl2NO3. The first-order valence-corrected chi connectivity index (χ1v) is 8.17. The predicted octanol–water partition coefficient (Wildman–Crippen LogP) is 5.28. The number of rotatable bonds is 5. The third-order valence-corrected chi connectivity index (χ3v) is 4.21. The molecule has 0 spiro atoms. The van der Waals surface area contributed by atoms with Crippen LogP contribution in [-0.4, -0.2) is 17.7 Å². The van der Waals surface area contributed by atoms with Crippen LogP contribution in [0.1, 0.15) is 11.1 Å². The smallest absolute Gasteiger partial charge is 0.341 e. The van der Waals surface area contributed by atoms with Crippen LogP contribution in [0.25, 0.3) is 11.6 Å². The number of benzene rings is 2. The Morgan fingerprint density at radius 2 is 2.00 bits per heavy atom. The Kier molecular flexibility index (Phi) is 6.27. The molecule has 0 aromatic heterocycles. The van der Waals surface area contributed by atoms with E-state index in [1.165, 1.54) is 0 Å². The van der Waals surface area contributed by atoms with Crippen molar-refractivity contribution in [2.45, 2.75) is 0 Å². The van der Waals surface area contributed by atoms with Gasteiger partial charge in [0, 0.05) is 10.0 Å². The number of ether oxygens (including phenoxy) is 1. The van der Waals surface area contributed by atoms with Gasteiger partial charge in [0.05, 0.1) is 21.7 Å². The van der Waals surface area contributed by atoms with Crippen molar-refractivity contribution in [1.29, 1.82) is 5.26 Å². The van der Waals surface area contributed by atoms with Crippen LogP contribution >= 0.6 is 39.1 Å². The van der Waals surface area contributed by atoms with Gasteiger partial charge in [0.25, 0.3) is 0 Å². The van der Waals surface area contributed by atoms with E-state index >= 15 is 0 Å². The molecular weight excluding hydrogens is 417 g/mol. The van der Waals surface area contributed by atoms with Gasteiger partial charge in [0.2, 0.25) is 0 Å². The number of carbonyl (C=O) groups is 1. The number of carboxylic acid groups (broad SMARTS) is 1. The summed E-state index contributed by atoms with van der Waals surface area (Å²) in [6, 6.07) is 12.1. The summed E-state index contributed by atoms with van der Waals surface area (Å²) in [7, 11) is 0. The van der Waals surface area contributed by atoms with Crippen molar-refractivity contribution in [3.05, 3.63) is 62.0 Å². The van der Waals surface area contributed by atoms with E-state index in [0.29, 0.717) is 32.5 Å². The SMILES string of the molecule is N#CC(=Cc1cc(Br)ccc1OCC(=O)O)c1ccc(Cl)c(Cl)c1. The number of allylic oxidation sites excluding steroid dienone is 1. The fourth-order valence-electron chi connectivity index (χ4n) is 1.90. The van der Waals surface area contributed by atoms with E-state index in [-0.39, 0.29) is 0 Å². The first kappa shape index (κ1) is 18.3. The standard InChI is InChI=1S/C17H10BrCl2NO3/c18-13-2-4-16(24-9-17(22)23)11(6-13)5-12(8-21)10-1-3-14(19)15(20)7-10/h1-7H,9H2,(H,22,23). The largest absolute Gasteiger partial charge is 0.481 e. The normalized spacial score (nSPS) is 11.0. The van der Waals surface area contributed by atoms with Crippen LogP contribution in [0.3, 0.4) is 0 Å². The first-order chi connectivity index (χ1) is 11.4. The second-order valence-corrected chi connectivity index (χ2v) is 6.39. The van der Waals surface area contributed by atoms with E-state index in [1.807, 2.05) is 0 Å². The molecule has 2 aromatic carbocycles. The second kappa shape index (κ2) is 8.20. The maximum Gasteiger partial charge on any atom is 0.341 e. The van der Waals surface area contributed by atoms with Crippen molar-refractivity contribution in [3.8, 4) is 11.8 Å². The fraction of sp³-hybridized carbons (Fsp3) is 0.0588. The highest BCUT2D eigenvalue weighted by atomic mass is 79.9. The van der Waals surface area contributed by atoms with Gasteiger partial charge in [-0.25, -0.2) is 4.79 Å². The van der Waals surface area contributed by atoms with E-state index in [9.17, 15) is 10.1 Å². The Hall–Kier alpha value is -2.00. The molecule has 0 saturated carbocycles. The fourth-order valence-corrected chi connectivity index (χ4v) is 2.58. The topological polar surface area (TPSA) is 70.3 Å². The Bertz CT molecular complexity index is 859. The van der Waals surface area contributed by atoms with Crippen molar-refractivity contribution in [2.75, 3.05) is 6.61 Å². The monoisotopic (exact) mass is 425 g/mol. The van der Waals surface area contributed by atoms with E-state index < -0.39 is 12.6 Å². The Labute approximate surface area is 157 Å². The van der Waals surface area contributed by atoms with Crippen LogP contribution in [-0.2, 0) is 4.79 Å². The molecule has 0 heterocycles. The van der Waals surface area contributed by atoms with Crippen LogP contribution in [0, 0.1) is 11.3 Å². The number of aliphatic carboxylic acids is 1. The van der Waals surface area contributed by atoms with Crippen LogP contribution in [0.2, 0.25) is 10.0 Å². The average Bonchev–Trinajstić information content (AvgIpc) is 2.54. The molecule has 0 radical (unpaired) electrons. The summed E-state index contributed by atoms with van der Waals surface area (Å²) in [5.41, 5.74) is 1.50. The first-order valence-electron chi connectivity index (χ1n) is 6.62. The zero-order valence-corrected chi connectivity index (χ0v) is 15.2. The zero-order chi connectivity index (χ0) is 17.7. The minimum atomic E-state index is -1.09. The summed E-state index contributed by atoms with van der Waals surface area (Å²) in [6.45, 7) is -0.475. The maximum absolute atomic E-state index is 10.7. The number of nitriles is 1. The molecule has 0 aliphatic carbocycles. The Balaban J connectivity index is 2.46. The minimum Gasteiger partial charge on any atom is -0.481 e. The highest BCUT2D eigenvalue weighted by Crippen LogP contribution is 2.30. The van der Waals surface area contributed by atoms with Gasteiger partial charge in [0.15, 0.2) is 6.61 Å². The summed E-state index contributed by atoms with van der Waals surface area (Å²) in [5.74, 6) is -0.730. The lowest BCUT2D eigenvalue weighted by molar-refractivity contribution is -0.139. The van der Waals surface area contributed by atoms with Crippen LogP contribution in [0.15, 0.2) is 40.9 Å². The number of nitrogens with zero attached hydrogens (tertiary/aromatic N) is 1. The molecule has 4 nitrogen and oxygen atoms in total. The molecule has 122 valence electrons. The van der Waals surface area contributed by atoms with Gasteiger partial charge in [-0.2, -0.15) is 5.26 Å². The van der Waals surface area contributed by atoms with E-state index in [2.05, 4.69) is 22.0 Å². The van der Waals surface area contributed by atoms with Crippen molar-refractivity contribution in [2.24, 2.45) is 0 Å². The van der Waals surface area contributed by atoms with E-state index in [4.69, 9.17) is 33.0 Å². The van der Waals surface area contributed by atoms with Crippen LogP contribution in [0.4, 0.5) is 0 Å². The van der Waals surface area contributed by atoms with E-state index in [0.717, 1.165) is 4.47 Å². The summed E-state index contributed by atoms with van der Waals surface area (Å²) in [5, 5.41) is 18.9. The molecule has 2 rings (SSSR count). The molecule has 24 heavy (non-hydrogen) atoms. The predicted molar refractivity (Wildman–Crippen MR) is 97.2 cm³/mol. The zero-order valence-electron chi connectivity index (χ0n) is 12.1. The summed E-state index contributed by atoms with van der Waals surface area (Å²) in [4.78, 5) is 10.7. The van der Waals surface area contributed by atoms with Gasteiger partial charge < -0.3 is 9.84 Å². The molecule has 2 aromatic rings. The van der Waals surface area contributed by atoms with E-state index in [1.54, 1.807) is 42.5 Å². The number of hydrogen-bond donors (Lipinski definition) is 1. The average molecular weight is 427 g/mol. The van der Waals surface area contributed by atoms with Crippen LogP contribution < -0.4 is 4.74 Å². The number of carboxylic acids is 1. The molecule has 0 amide bonds. The lowest BCUT2D eigenvalue weighted by Gasteiger charge is -2.09. The van der Waals surface area contributed by atoms with Crippen LogP contribution in [0.5, 0.6) is 5.75 Å². The van der Waals surface area contributed by atoms with Gasteiger partial charge in [-0.1, -0.05) is 45.2 Å². The molecule has 1 N–H and O–H groups in total. The maximum atomic E-state index is 10.7. The molecule has 0 saturated heterocycles. The highest BCUT2D eigenvalue weighted by molar-refractivity contribution is 9.10. The Morgan fingerprint density at radius 3 is 2.62 bits per heavy atom. The second-order valence-electron chi connectivity index (χ2n) is 4.66. The van der Waals surface area contributed by atoms with Crippen molar-refractivity contribution in [3.63, 3.8) is 0 Å². The third-order valence-electron chi connectivity index (χ3n) is 2.97. The minimum absolute atomic E-state index is 0.340. The molecule has 0 aliphatic heterocycles. The molecule has 0 bridgehead atoms. The summed E-state index contributed by atoms with van der Waals surface area (Å²) in [6.07, 6.45) is 1.60. The Morgan fingerprint density at radius 1 is 1.25 bits per heavy atom. The van der Waals surface area contributed by atoms with Gasteiger partial charge in [-0.3, -0.25) is 0 Å². The lowest BCUT2D eigenvalue weighted by Crippen LogP contribution is -2.10. The van der Waals surface area contributed by atoms with Crippen molar-refractivity contribution < 1.29 is 14.6 Å².